The lowest BCUT2D eigenvalue weighted by molar-refractivity contribution is 0.379. The molecule has 1 atom stereocenters. The number of benzene rings is 5. The van der Waals surface area contributed by atoms with E-state index in [0.29, 0.717) is 32.9 Å². The third kappa shape index (κ3) is 6.05. The van der Waals surface area contributed by atoms with Crippen molar-refractivity contribution in [2.75, 3.05) is 6.16 Å². The molecule has 0 aliphatic carbocycles. The predicted molar refractivity (Wildman–Crippen MR) is 194 cm³/mol. The van der Waals surface area contributed by atoms with E-state index in [1.165, 1.54) is 0 Å². The van der Waals surface area contributed by atoms with E-state index in [1.54, 1.807) is 65.8 Å². The minimum atomic E-state index is -5.72. The summed E-state index contributed by atoms with van der Waals surface area (Å²) in [5.74, 6) is -44.6. The first-order valence-electron chi connectivity index (χ1n) is 17.8. The van der Waals surface area contributed by atoms with Crippen LogP contribution in [0.25, 0.3) is 0 Å². The monoisotopic (exact) mass is 850 g/mol. The van der Waals surface area contributed by atoms with Gasteiger partial charge in [-0.3, -0.25) is 0 Å². The van der Waals surface area contributed by atoms with Crippen LogP contribution in [0, 0.1) is 129 Å². The van der Waals surface area contributed by atoms with Gasteiger partial charge in [0.1, 0.15) is 51.7 Å². The first kappa shape index (κ1) is 43.1. The molecule has 1 saturated heterocycles. The molecule has 1 aliphatic heterocycles. The van der Waals surface area contributed by atoms with Crippen LogP contribution >= 0.6 is 7.26 Å². The average Bonchev–Trinajstić information content (AvgIpc) is 3.54. The Kier molecular flexibility index (Phi) is 11.1. The molecule has 6 rings (SSSR count). The van der Waals surface area contributed by atoms with Gasteiger partial charge in [-0.25, -0.2) is 65.9 Å². The molecule has 0 saturated carbocycles. The summed E-state index contributed by atoms with van der Waals surface area (Å²) in [6.45, 7) is 10.2. The summed E-state index contributed by atoms with van der Waals surface area (Å²) < 4.78 is 235. The van der Waals surface area contributed by atoms with E-state index in [0.717, 1.165) is 11.1 Å². The Labute approximate surface area is 323 Å². The molecule has 1 fully saturated rings. The molecule has 58 heavy (non-hydrogen) atoms. The van der Waals surface area contributed by atoms with Crippen molar-refractivity contribution in [1.29, 1.82) is 0 Å². The Morgan fingerprint density at radius 1 is 0.414 bits per heavy atom. The zero-order valence-corrected chi connectivity index (χ0v) is 32.3. The van der Waals surface area contributed by atoms with Crippen LogP contribution in [0.15, 0.2) is 24.3 Å². The van der Waals surface area contributed by atoms with Crippen molar-refractivity contribution in [1.82, 2.24) is 0 Å². The summed E-state index contributed by atoms with van der Waals surface area (Å²) in [7, 11) is -3.50. The standard InChI is InChI=1S/C41H31BF15P/c1-15-10-17(3)40(18(4)11-15)58(41-19(5)12-16(2)13-20(41)6)9-7-8-21(58)14-42(22-25(43)31(49)37(55)32(50)26(22)44,23-27(45)33(51)38(56)34(52)28(23)46)24-29(47)35(53)39(57)36(54)30(24)48/h10-13,21H,7-9,14H2,1-6H3. The van der Waals surface area contributed by atoms with E-state index < -0.39 is 129 Å². The van der Waals surface area contributed by atoms with Crippen LogP contribution in [0.2, 0.25) is 6.32 Å². The zero-order valence-electron chi connectivity index (χ0n) is 31.4. The molecule has 308 valence electrons. The van der Waals surface area contributed by atoms with Crippen molar-refractivity contribution < 1.29 is 65.9 Å². The molecule has 5 aromatic carbocycles. The quantitative estimate of drug-likeness (QED) is 0.0504. The highest BCUT2D eigenvalue weighted by Gasteiger charge is 2.59. The van der Waals surface area contributed by atoms with Gasteiger partial charge in [-0.05, 0) is 76.6 Å². The molecule has 0 nitrogen and oxygen atoms in total. The minimum Gasteiger partial charge on any atom is -0.207 e. The average molecular weight is 850 g/mol. The molecule has 0 radical (unpaired) electrons. The maximum Gasteiger partial charge on any atom is 0.200 e. The van der Waals surface area contributed by atoms with Gasteiger partial charge in [0.25, 0.3) is 0 Å². The molecule has 1 heterocycles. The molecule has 0 aromatic heterocycles. The van der Waals surface area contributed by atoms with Crippen molar-refractivity contribution in [2.24, 2.45) is 0 Å². The first-order valence-corrected chi connectivity index (χ1v) is 19.8. The first-order chi connectivity index (χ1) is 27.0. The number of aryl methyl sites for hydroxylation is 6. The molecule has 0 bridgehead atoms. The number of hydrogen-bond donors (Lipinski definition) is 0. The van der Waals surface area contributed by atoms with Crippen molar-refractivity contribution in [2.45, 2.75) is 66.4 Å². The SMILES string of the molecule is Cc1cc(C)c([P+]2(c3c(C)cc(C)cc3C)CCCC2C[B-](c2c(F)c(F)c(F)c(F)c2F)(c2c(F)c(F)c(F)c(F)c2F)c2c(F)c(F)c(F)c(F)c2F)c(C)c1. The van der Waals surface area contributed by atoms with Crippen molar-refractivity contribution in [3.63, 3.8) is 0 Å². The molecule has 17 heteroatoms. The van der Waals surface area contributed by atoms with Gasteiger partial charge in [0, 0.05) is 5.66 Å². The fourth-order valence-corrected chi connectivity index (χ4v) is 16.5. The third-order valence-corrected chi connectivity index (χ3v) is 17.3. The topological polar surface area (TPSA) is 0 Å². The van der Waals surface area contributed by atoms with Gasteiger partial charge in [0.05, 0.1) is 13.4 Å². The highest BCUT2D eigenvalue weighted by atomic mass is 31.2. The highest BCUT2D eigenvalue weighted by Crippen LogP contribution is 2.70. The lowest BCUT2D eigenvalue weighted by atomic mass is 9.13. The normalized spacial score (nSPS) is 15.5. The number of halogens is 15. The van der Waals surface area contributed by atoms with Crippen LogP contribution in [0.5, 0.6) is 0 Å². The maximum absolute atomic E-state index is 16.5. The Hall–Kier alpha value is -4.46. The fraction of sp³-hybridized carbons (Fsp3) is 0.268. The molecule has 0 amide bonds. The summed E-state index contributed by atoms with van der Waals surface area (Å²) in [6.07, 6.45) is -7.43. The second-order valence-corrected chi connectivity index (χ2v) is 18.9. The highest BCUT2D eigenvalue weighted by molar-refractivity contribution is 7.90. The van der Waals surface area contributed by atoms with Gasteiger partial charge in [-0.1, -0.05) is 35.4 Å². The van der Waals surface area contributed by atoms with E-state index in [2.05, 4.69) is 0 Å². The number of rotatable bonds is 7. The minimum absolute atomic E-state index is 0.0927. The van der Waals surface area contributed by atoms with Crippen molar-refractivity contribution in [3.8, 4) is 0 Å². The van der Waals surface area contributed by atoms with Gasteiger partial charge in [0.2, 0.25) is 0 Å². The van der Waals surface area contributed by atoms with Crippen LogP contribution in [-0.2, 0) is 0 Å². The van der Waals surface area contributed by atoms with Crippen molar-refractivity contribution >= 4 is 40.4 Å². The summed E-state index contributed by atoms with van der Waals surface area (Å²) in [5, 5.41) is 1.04. The molecule has 0 spiro atoms. The molecule has 1 unspecified atom stereocenters. The molecule has 1 aliphatic rings. The summed E-state index contributed by atoms with van der Waals surface area (Å²) in [4.78, 5) is 0. The summed E-state index contributed by atoms with van der Waals surface area (Å²) in [5.41, 5.74) is -5.48. The van der Waals surface area contributed by atoms with E-state index in [9.17, 15) is 13.2 Å². The third-order valence-electron chi connectivity index (χ3n) is 11.6. The largest absolute Gasteiger partial charge is 0.207 e. The number of hydrogen-bond acceptors (Lipinski definition) is 0. The Morgan fingerprint density at radius 3 is 0.914 bits per heavy atom. The van der Waals surface area contributed by atoms with Crippen LogP contribution < -0.4 is 27.0 Å². The smallest absolute Gasteiger partial charge is 0.200 e. The predicted octanol–water partition coefficient (Wildman–Crippen LogP) is 9.92. The summed E-state index contributed by atoms with van der Waals surface area (Å²) >= 11 is 0. The molecular formula is C41H31BF15P. The second kappa shape index (κ2) is 15.0. The van der Waals surface area contributed by atoms with Gasteiger partial charge < -0.3 is 0 Å². The van der Waals surface area contributed by atoms with E-state index >= 15 is 52.7 Å². The van der Waals surface area contributed by atoms with Gasteiger partial charge in [0.15, 0.2) is 52.4 Å². The molecule has 0 N–H and O–H groups in total. The van der Waals surface area contributed by atoms with Gasteiger partial charge >= 0.3 is 0 Å². The van der Waals surface area contributed by atoms with Crippen LogP contribution in [-0.4, -0.2) is 18.0 Å². The van der Waals surface area contributed by atoms with Crippen LogP contribution in [0.3, 0.4) is 0 Å². The Balaban J connectivity index is 1.96. The lowest BCUT2D eigenvalue weighted by Crippen LogP contribution is -2.74. The molecule has 5 aromatic rings. The van der Waals surface area contributed by atoms with E-state index in [1.807, 2.05) is 0 Å². The second-order valence-electron chi connectivity index (χ2n) is 15.1. The Bertz CT molecular complexity index is 2210. The van der Waals surface area contributed by atoms with E-state index in [-0.39, 0.29) is 19.0 Å². The maximum atomic E-state index is 16.5. The van der Waals surface area contributed by atoms with Crippen LogP contribution in [0.1, 0.15) is 46.2 Å². The lowest BCUT2D eigenvalue weighted by Gasteiger charge is -2.47. The van der Waals surface area contributed by atoms with Gasteiger partial charge in [-0.15, -0.1) is 22.7 Å². The van der Waals surface area contributed by atoms with Crippen LogP contribution in [0.4, 0.5) is 65.9 Å². The molecular weight excluding hydrogens is 819 g/mol. The zero-order chi connectivity index (χ0) is 43.2. The Morgan fingerprint density at radius 2 is 0.655 bits per heavy atom. The van der Waals surface area contributed by atoms with Crippen molar-refractivity contribution in [3.05, 3.63) is 145 Å². The fourth-order valence-electron chi connectivity index (χ4n) is 9.94. The van der Waals surface area contributed by atoms with Gasteiger partial charge in [-0.2, -0.15) is 0 Å². The summed E-state index contributed by atoms with van der Waals surface area (Å²) in [6, 6.07) is 6.92. The van der Waals surface area contributed by atoms with E-state index in [4.69, 9.17) is 0 Å².